The predicted molar refractivity (Wildman–Crippen MR) is 57.2 cm³/mol. The molecule has 2 rings (SSSR count). The number of hydrogen-bond donors (Lipinski definition) is 3. The molecule has 1 aromatic heterocycles. The minimum Gasteiger partial charge on any atom is -0.505 e. The maximum absolute atomic E-state index is 11.7. The minimum atomic E-state index is -0.216. The van der Waals surface area contributed by atoms with E-state index < -0.39 is 0 Å². The third-order valence-electron chi connectivity index (χ3n) is 2.26. The lowest BCUT2D eigenvalue weighted by Gasteiger charge is -2.27. The fraction of sp³-hybridized carbons (Fsp3) is 0.444. The zero-order valence-corrected chi connectivity index (χ0v) is 8.68. The van der Waals surface area contributed by atoms with Gasteiger partial charge in [-0.3, -0.25) is 5.32 Å². The maximum atomic E-state index is 11.7. The maximum Gasteiger partial charge on any atom is 0.324 e. The molecule has 0 saturated carbocycles. The highest BCUT2D eigenvalue weighted by Gasteiger charge is 2.16. The fourth-order valence-corrected chi connectivity index (χ4v) is 1.43. The van der Waals surface area contributed by atoms with Gasteiger partial charge in [-0.25, -0.2) is 14.8 Å². The van der Waals surface area contributed by atoms with Crippen LogP contribution < -0.4 is 10.6 Å². The lowest BCUT2D eigenvalue weighted by Crippen LogP contribution is -2.48. The average Bonchev–Trinajstić information content (AvgIpc) is 2.33. The molecular formula is C9H13N5O2. The Hall–Kier alpha value is -1.89. The van der Waals surface area contributed by atoms with Crippen LogP contribution in [0.2, 0.25) is 0 Å². The molecule has 2 amide bonds. The average molecular weight is 223 g/mol. The molecule has 0 bridgehead atoms. The van der Waals surface area contributed by atoms with E-state index in [-0.39, 0.29) is 17.7 Å². The van der Waals surface area contributed by atoms with E-state index in [1.165, 1.54) is 12.4 Å². The summed E-state index contributed by atoms with van der Waals surface area (Å²) in [5, 5.41) is 14.7. The lowest BCUT2D eigenvalue weighted by molar-refractivity contribution is 0.203. The van der Waals surface area contributed by atoms with Gasteiger partial charge in [0.15, 0.2) is 5.75 Å². The molecule has 7 heteroatoms. The van der Waals surface area contributed by atoms with Crippen LogP contribution in [0, 0.1) is 0 Å². The number of amides is 2. The van der Waals surface area contributed by atoms with Gasteiger partial charge >= 0.3 is 6.03 Å². The van der Waals surface area contributed by atoms with Crippen LogP contribution in [-0.4, -0.2) is 52.2 Å². The summed E-state index contributed by atoms with van der Waals surface area (Å²) in [4.78, 5) is 20.9. The van der Waals surface area contributed by atoms with Crippen molar-refractivity contribution >= 4 is 12.0 Å². The first kappa shape index (κ1) is 10.6. The summed E-state index contributed by atoms with van der Waals surface area (Å²) in [7, 11) is 0. The molecule has 1 fully saturated rings. The van der Waals surface area contributed by atoms with Crippen molar-refractivity contribution < 1.29 is 9.90 Å². The molecule has 0 atom stereocenters. The van der Waals surface area contributed by atoms with Crippen LogP contribution >= 0.6 is 0 Å². The van der Waals surface area contributed by atoms with Gasteiger partial charge < -0.3 is 15.3 Å². The Morgan fingerprint density at radius 1 is 1.38 bits per heavy atom. The molecule has 7 nitrogen and oxygen atoms in total. The largest absolute Gasteiger partial charge is 0.505 e. The van der Waals surface area contributed by atoms with Gasteiger partial charge in [-0.05, 0) is 0 Å². The van der Waals surface area contributed by atoms with Crippen LogP contribution in [0.15, 0.2) is 12.4 Å². The second-order valence-corrected chi connectivity index (χ2v) is 3.43. The van der Waals surface area contributed by atoms with E-state index in [0.29, 0.717) is 13.1 Å². The summed E-state index contributed by atoms with van der Waals surface area (Å²) >= 11 is 0. The SMILES string of the molecule is O=C(Nc1ncc(O)cn1)N1CCNCC1. The zero-order valence-electron chi connectivity index (χ0n) is 8.68. The van der Waals surface area contributed by atoms with Crippen molar-refractivity contribution in [3.63, 3.8) is 0 Å². The third-order valence-corrected chi connectivity index (χ3v) is 2.26. The number of carbonyl (C=O) groups is 1. The number of nitrogens with zero attached hydrogens (tertiary/aromatic N) is 3. The number of anilines is 1. The number of urea groups is 1. The molecule has 1 aliphatic heterocycles. The van der Waals surface area contributed by atoms with Gasteiger partial charge in [0, 0.05) is 26.2 Å². The van der Waals surface area contributed by atoms with Crippen molar-refractivity contribution in [3.8, 4) is 5.75 Å². The van der Waals surface area contributed by atoms with Gasteiger partial charge in [-0.15, -0.1) is 0 Å². The van der Waals surface area contributed by atoms with E-state index >= 15 is 0 Å². The predicted octanol–water partition coefficient (Wildman–Crippen LogP) is -0.381. The Balaban J connectivity index is 1.93. The number of rotatable bonds is 1. The van der Waals surface area contributed by atoms with Crippen LogP contribution in [0.4, 0.5) is 10.7 Å². The Morgan fingerprint density at radius 3 is 2.62 bits per heavy atom. The topological polar surface area (TPSA) is 90.4 Å². The van der Waals surface area contributed by atoms with Crippen molar-refractivity contribution in [2.45, 2.75) is 0 Å². The van der Waals surface area contributed by atoms with E-state index in [0.717, 1.165) is 13.1 Å². The van der Waals surface area contributed by atoms with Crippen LogP contribution in [-0.2, 0) is 0 Å². The van der Waals surface area contributed by atoms with Crippen LogP contribution in [0.25, 0.3) is 0 Å². The molecule has 2 heterocycles. The minimum absolute atomic E-state index is 0.0276. The molecule has 0 unspecified atom stereocenters. The first-order valence-electron chi connectivity index (χ1n) is 5.03. The summed E-state index contributed by atoms with van der Waals surface area (Å²) in [6, 6.07) is -0.216. The summed E-state index contributed by atoms with van der Waals surface area (Å²) in [6.07, 6.45) is 2.47. The number of piperazine rings is 1. The van der Waals surface area contributed by atoms with E-state index in [4.69, 9.17) is 5.11 Å². The fourth-order valence-electron chi connectivity index (χ4n) is 1.43. The van der Waals surface area contributed by atoms with Crippen LogP contribution in [0.1, 0.15) is 0 Å². The summed E-state index contributed by atoms with van der Waals surface area (Å²) < 4.78 is 0. The molecule has 1 aliphatic rings. The molecule has 3 N–H and O–H groups in total. The van der Waals surface area contributed by atoms with Gasteiger partial charge in [0.05, 0.1) is 12.4 Å². The number of aromatic nitrogens is 2. The zero-order chi connectivity index (χ0) is 11.4. The standard InChI is InChI=1S/C9H13N5O2/c15-7-5-11-8(12-6-7)13-9(16)14-3-1-10-2-4-14/h5-6,10,15H,1-4H2,(H,11,12,13,16). The molecule has 0 spiro atoms. The van der Waals surface area contributed by atoms with Crippen LogP contribution in [0.5, 0.6) is 5.75 Å². The lowest BCUT2D eigenvalue weighted by atomic mass is 10.4. The second-order valence-electron chi connectivity index (χ2n) is 3.43. The molecule has 0 radical (unpaired) electrons. The summed E-state index contributed by atoms with van der Waals surface area (Å²) in [5.74, 6) is 0.168. The molecule has 0 aliphatic carbocycles. The molecule has 1 aromatic rings. The third kappa shape index (κ3) is 2.57. The quantitative estimate of drug-likeness (QED) is 0.603. The first-order valence-corrected chi connectivity index (χ1v) is 5.03. The normalized spacial score (nSPS) is 15.9. The first-order chi connectivity index (χ1) is 7.75. The Morgan fingerprint density at radius 2 is 2.00 bits per heavy atom. The molecular weight excluding hydrogens is 210 g/mol. The Bertz CT molecular complexity index is 361. The molecule has 86 valence electrons. The van der Waals surface area contributed by atoms with E-state index in [9.17, 15) is 4.79 Å². The smallest absolute Gasteiger partial charge is 0.324 e. The van der Waals surface area contributed by atoms with Crippen molar-refractivity contribution in [1.29, 1.82) is 0 Å². The number of nitrogens with one attached hydrogen (secondary N) is 2. The van der Waals surface area contributed by atoms with E-state index in [1.54, 1.807) is 4.90 Å². The van der Waals surface area contributed by atoms with Gasteiger partial charge in [0.25, 0.3) is 0 Å². The van der Waals surface area contributed by atoms with Gasteiger partial charge in [0.1, 0.15) is 0 Å². The highest BCUT2D eigenvalue weighted by atomic mass is 16.3. The van der Waals surface area contributed by atoms with Crippen molar-refractivity contribution in [2.75, 3.05) is 31.5 Å². The Labute approximate surface area is 92.5 Å². The van der Waals surface area contributed by atoms with Crippen molar-refractivity contribution in [2.24, 2.45) is 0 Å². The molecule has 1 saturated heterocycles. The van der Waals surface area contributed by atoms with Gasteiger partial charge in [-0.1, -0.05) is 0 Å². The van der Waals surface area contributed by atoms with Crippen molar-refractivity contribution in [1.82, 2.24) is 20.2 Å². The number of carbonyl (C=O) groups excluding carboxylic acids is 1. The number of aromatic hydroxyl groups is 1. The van der Waals surface area contributed by atoms with Crippen molar-refractivity contribution in [3.05, 3.63) is 12.4 Å². The summed E-state index contributed by atoms with van der Waals surface area (Å²) in [5.41, 5.74) is 0. The number of hydrogen-bond acceptors (Lipinski definition) is 5. The monoisotopic (exact) mass is 223 g/mol. The van der Waals surface area contributed by atoms with E-state index in [1.807, 2.05) is 0 Å². The van der Waals surface area contributed by atoms with Gasteiger partial charge in [0.2, 0.25) is 5.95 Å². The Kier molecular flexibility index (Phi) is 3.16. The van der Waals surface area contributed by atoms with Gasteiger partial charge in [-0.2, -0.15) is 0 Å². The van der Waals surface area contributed by atoms with Crippen LogP contribution in [0.3, 0.4) is 0 Å². The second kappa shape index (κ2) is 4.75. The highest BCUT2D eigenvalue weighted by Crippen LogP contribution is 2.06. The highest BCUT2D eigenvalue weighted by molar-refractivity contribution is 5.87. The van der Waals surface area contributed by atoms with E-state index in [2.05, 4.69) is 20.6 Å². The summed E-state index contributed by atoms with van der Waals surface area (Å²) in [6.45, 7) is 2.93. The molecule has 0 aromatic carbocycles. The molecule has 16 heavy (non-hydrogen) atoms.